The lowest BCUT2D eigenvalue weighted by atomic mass is 9.92. The third-order valence-electron chi connectivity index (χ3n) is 3.69. The predicted molar refractivity (Wildman–Crippen MR) is 81.2 cm³/mol. The van der Waals surface area contributed by atoms with E-state index < -0.39 is 19.1 Å². The molecular weight excluding hydrogens is 334 g/mol. The third-order valence-corrected chi connectivity index (χ3v) is 6.56. The van der Waals surface area contributed by atoms with Crippen molar-refractivity contribution in [2.24, 2.45) is 5.41 Å². The zero-order chi connectivity index (χ0) is 15.9. The van der Waals surface area contributed by atoms with E-state index in [-0.39, 0.29) is 21.2 Å². The Morgan fingerprint density at radius 3 is 2.33 bits per heavy atom. The highest BCUT2D eigenvalue weighted by atomic mass is 35.7. The van der Waals surface area contributed by atoms with E-state index in [1.165, 1.54) is 18.2 Å². The maximum absolute atomic E-state index is 12.3. The average molecular weight is 352 g/mol. The molecule has 5 nitrogen and oxygen atoms in total. The summed E-state index contributed by atoms with van der Waals surface area (Å²) in [5.74, 6) is 0. The first-order chi connectivity index (χ1) is 9.50. The number of hydrogen-bond acceptors (Lipinski definition) is 4. The molecule has 0 aromatic heterocycles. The third kappa shape index (κ3) is 4.18. The lowest BCUT2D eigenvalue weighted by molar-refractivity contribution is 0.372. The molecule has 21 heavy (non-hydrogen) atoms. The molecule has 1 saturated carbocycles. The van der Waals surface area contributed by atoms with Crippen molar-refractivity contribution in [3.8, 4) is 0 Å². The second kappa shape index (κ2) is 5.53. The van der Waals surface area contributed by atoms with Crippen LogP contribution in [-0.2, 0) is 19.1 Å². The van der Waals surface area contributed by atoms with E-state index >= 15 is 0 Å². The van der Waals surface area contributed by atoms with E-state index in [4.69, 9.17) is 10.7 Å². The maximum atomic E-state index is 12.3. The van der Waals surface area contributed by atoms with E-state index in [0.717, 1.165) is 25.3 Å². The Morgan fingerprint density at radius 1 is 1.19 bits per heavy atom. The van der Waals surface area contributed by atoms with Crippen molar-refractivity contribution in [3.05, 3.63) is 24.3 Å². The van der Waals surface area contributed by atoms with Gasteiger partial charge in [0, 0.05) is 16.7 Å². The molecule has 0 amide bonds. The first kappa shape index (κ1) is 16.7. The Hall–Kier alpha value is -0.630. The molecule has 1 aliphatic carbocycles. The summed E-state index contributed by atoms with van der Waals surface area (Å²) in [5, 5.41) is 0. The van der Waals surface area contributed by atoms with E-state index in [1.54, 1.807) is 0 Å². The van der Waals surface area contributed by atoms with Crippen LogP contribution in [0.25, 0.3) is 0 Å². The molecule has 0 saturated heterocycles. The minimum Gasteiger partial charge on any atom is -0.208 e. The molecule has 0 heterocycles. The van der Waals surface area contributed by atoms with Crippen molar-refractivity contribution in [3.63, 3.8) is 0 Å². The van der Waals surface area contributed by atoms with Crippen LogP contribution in [0.1, 0.15) is 33.1 Å². The van der Waals surface area contributed by atoms with Gasteiger partial charge in [-0.05, 0) is 42.9 Å². The largest absolute Gasteiger partial charge is 0.261 e. The number of rotatable bonds is 4. The van der Waals surface area contributed by atoms with Crippen molar-refractivity contribution in [2.45, 2.75) is 48.9 Å². The van der Waals surface area contributed by atoms with Crippen molar-refractivity contribution in [2.75, 3.05) is 0 Å². The zero-order valence-corrected chi connectivity index (χ0v) is 14.2. The van der Waals surface area contributed by atoms with Gasteiger partial charge in [-0.3, -0.25) is 0 Å². The van der Waals surface area contributed by atoms with Gasteiger partial charge in [0.25, 0.3) is 9.05 Å². The lowest BCUT2D eigenvalue weighted by Gasteiger charge is -2.18. The summed E-state index contributed by atoms with van der Waals surface area (Å²) in [6.45, 7) is 4.20. The van der Waals surface area contributed by atoms with Crippen LogP contribution in [0.2, 0.25) is 0 Å². The van der Waals surface area contributed by atoms with Crippen LogP contribution in [0.15, 0.2) is 34.1 Å². The lowest BCUT2D eigenvalue weighted by Crippen LogP contribution is -2.33. The first-order valence-electron chi connectivity index (χ1n) is 6.57. The van der Waals surface area contributed by atoms with Crippen LogP contribution < -0.4 is 4.72 Å². The van der Waals surface area contributed by atoms with E-state index in [9.17, 15) is 16.8 Å². The summed E-state index contributed by atoms with van der Waals surface area (Å²) in [6.07, 6.45) is 2.50. The molecule has 8 heteroatoms. The number of hydrogen-bond donors (Lipinski definition) is 1. The molecule has 1 unspecified atom stereocenters. The van der Waals surface area contributed by atoms with Gasteiger partial charge in [-0.25, -0.2) is 21.6 Å². The first-order valence-corrected chi connectivity index (χ1v) is 10.4. The number of halogens is 1. The molecule has 1 aromatic rings. The molecule has 0 radical (unpaired) electrons. The van der Waals surface area contributed by atoms with E-state index in [2.05, 4.69) is 18.6 Å². The fraction of sp³-hybridized carbons (Fsp3) is 0.538. The van der Waals surface area contributed by atoms with Crippen molar-refractivity contribution in [1.82, 2.24) is 4.72 Å². The predicted octanol–water partition coefficient (Wildman–Crippen LogP) is 2.47. The van der Waals surface area contributed by atoms with Crippen LogP contribution in [0.4, 0.5) is 0 Å². The van der Waals surface area contributed by atoms with Gasteiger partial charge in [0.05, 0.1) is 9.79 Å². The van der Waals surface area contributed by atoms with E-state index in [0.29, 0.717) is 0 Å². The number of nitrogens with one attached hydrogen (secondary N) is 1. The Balaban J connectivity index is 2.25. The quantitative estimate of drug-likeness (QED) is 0.845. The second-order valence-electron chi connectivity index (χ2n) is 6.14. The Morgan fingerprint density at radius 2 is 1.81 bits per heavy atom. The van der Waals surface area contributed by atoms with Crippen molar-refractivity contribution >= 4 is 29.8 Å². The van der Waals surface area contributed by atoms with Crippen molar-refractivity contribution < 1.29 is 16.8 Å². The molecule has 2 rings (SSSR count). The fourth-order valence-corrected chi connectivity index (χ4v) is 4.80. The molecule has 1 atom stereocenters. The molecule has 0 aliphatic heterocycles. The minimum atomic E-state index is -3.95. The molecule has 1 N–H and O–H groups in total. The van der Waals surface area contributed by atoms with Crippen LogP contribution in [-0.4, -0.2) is 22.9 Å². The van der Waals surface area contributed by atoms with E-state index in [1.807, 2.05) is 0 Å². The topological polar surface area (TPSA) is 80.3 Å². The van der Waals surface area contributed by atoms with Gasteiger partial charge in [0.2, 0.25) is 10.0 Å². The monoisotopic (exact) mass is 351 g/mol. The van der Waals surface area contributed by atoms with Gasteiger partial charge in [0.1, 0.15) is 0 Å². The summed E-state index contributed by atoms with van der Waals surface area (Å²) in [5.41, 5.74) is 0.120. The normalized spacial score (nSPS) is 22.3. The Labute approximate surface area is 130 Å². The minimum absolute atomic E-state index is 0.0890. The van der Waals surface area contributed by atoms with Gasteiger partial charge < -0.3 is 0 Å². The Kier molecular flexibility index (Phi) is 4.41. The summed E-state index contributed by atoms with van der Waals surface area (Å²) in [7, 11) is -2.46. The standard InChI is InChI=1S/C13H18ClNO4S2/c1-13(2)7-6-10(9-13)15-21(18,19)12-5-3-4-11(8-12)20(14,16)17/h3-5,8,10,15H,6-7,9H2,1-2H3. The molecule has 1 aliphatic rings. The molecular formula is C13H18ClNO4S2. The summed E-state index contributed by atoms with van der Waals surface area (Å²) >= 11 is 0. The van der Waals surface area contributed by atoms with Crippen molar-refractivity contribution in [1.29, 1.82) is 0 Å². The summed E-state index contributed by atoms with van der Waals surface area (Å²) in [4.78, 5) is -0.312. The van der Waals surface area contributed by atoms with Crippen LogP contribution in [0, 0.1) is 5.41 Å². The SMILES string of the molecule is CC1(C)CCC(NS(=O)(=O)c2cccc(S(=O)(=O)Cl)c2)C1. The summed E-state index contributed by atoms with van der Waals surface area (Å²) in [6, 6.07) is 4.93. The van der Waals surface area contributed by atoms with Gasteiger partial charge in [-0.1, -0.05) is 19.9 Å². The number of sulfonamides is 1. The fourth-order valence-electron chi connectivity index (χ4n) is 2.62. The van der Waals surface area contributed by atoms with Crippen LogP contribution in [0.3, 0.4) is 0 Å². The Bertz CT molecular complexity index is 741. The maximum Gasteiger partial charge on any atom is 0.261 e. The summed E-state index contributed by atoms with van der Waals surface area (Å²) < 4.78 is 49.9. The van der Waals surface area contributed by atoms with Crippen LogP contribution in [0.5, 0.6) is 0 Å². The highest BCUT2D eigenvalue weighted by molar-refractivity contribution is 8.13. The smallest absolute Gasteiger partial charge is 0.208 e. The zero-order valence-electron chi connectivity index (χ0n) is 11.8. The molecule has 0 bridgehead atoms. The highest BCUT2D eigenvalue weighted by Gasteiger charge is 2.33. The molecule has 1 fully saturated rings. The van der Waals surface area contributed by atoms with Gasteiger partial charge >= 0.3 is 0 Å². The number of benzene rings is 1. The highest BCUT2D eigenvalue weighted by Crippen LogP contribution is 2.37. The molecule has 118 valence electrons. The molecule has 1 aromatic carbocycles. The van der Waals surface area contributed by atoms with Gasteiger partial charge in [-0.15, -0.1) is 0 Å². The van der Waals surface area contributed by atoms with Gasteiger partial charge in [-0.2, -0.15) is 0 Å². The molecule has 0 spiro atoms. The second-order valence-corrected chi connectivity index (χ2v) is 10.4. The van der Waals surface area contributed by atoms with Crippen LogP contribution >= 0.6 is 10.7 Å². The van der Waals surface area contributed by atoms with Gasteiger partial charge in [0.15, 0.2) is 0 Å². The average Bonchev–Trinajstić information content (AvgIpc) is 2.67.